The average Bonchev–Trinajstić information content (AvgIpc) is 2.45. The molecule has 1 aliphatic rings. The molecule has 0 radical (unpaired) electrons. The van der Waals surface area contributed by atoms with Gasteiger partial charge in [-0.1, -0.05) is 13.8 Å². The fourth-order valence-electron chi connectivity index (χ4n) is 1.89. The molecule has 4 heteroatoms. The Morgan fingerprint density at radius 2 is 1.94 bits per heavy atom. The number of carbonyl (C=O) groups is 2. The highest BCUT2D eigenvalue weighted by Crippen LogP contribution is 2.31. The van der Waals surface area contributed by atoms with Crippen LogP contribution in [0.4, 0.5) is 0 Å². The number of hydrogen-bond donors (Lipinski definition) is 1. The summed E-state index contributed by atoms with van der Waals surface area (Å²) in [6.45, 7) is 8.93. The lowest BCUT2D eigenvalue weighted by Gasteiger charge is -2.24. The highest BCUT2D eigenvalue weighted by Gasteiger charge is 2.36. The lowest BCUT2D eigenvalue weighted by Crippen LogP contribution is -2.36. The number of nitrogens with zero attached hydrogens (tertiary/aromatic N) is 1. The topological polar surface area (TPSA) is 57.6 Å². The van der Waals surface area contributed by atoms with Gasteiger partial charge < -0.3 is 10.0 Å². The third kappa shape index (κ3) is 2.97. The Hall–Kier alpha value is -1.06. The summed E-state index contributed by atoms with van der Waals surface area (Å²) in [7, 11) is 0. The standard InChI is InChI=1S/C12H21NO3/c1-11(2)5-6-13(8-11)9(14)7-12(3,4)10(15)16/h5-8H2,1-4H3,(H,15,16). The maximum Gasteiger partial charge on any atom is 0.309 e. The molecule has 0 aliphatic carbocycles. The summed E-state index contributed by atoms with van der Waals surface area (Å²) >= 11 is 0. The fourth-order valence-corrected chi connectivity index (χ4v) is 1.89. The van der Waals surface area contributed by atoms with Gasteiger partial charge in [0.25, 0.3) is 0 Å². The van der Waals surface area contributed by atoms with Crippen LogP contribution >= 0.6 is 0 Å². The minimum atomic E-state index is -0.968. The van der Waals surface area contributed by atoms with E-state index in [0.717, 1.165) is 19.5 Å². The Labute approximate surface area is 96.6 Å². The fraction of sp³-hybridized carbons (Fsp3) is 0.833. The molecule has 1 heterocycles. The molecule has 1 N–H and O–H groups in total. The second-order valence-corrected chi connectivity index (χ2v) is 6.10. The van der Waals surface area contributed by atoms with Gasteiger partial charge in [0.1, 0.15) is 0 Å². The second-order valence-electron chi connectivity index (χ2n) is 6.10. The molecule has 0 unspecified atom stereocenters. The summed E-state index contributed by atoms with van der Waals surface area (Å²) in [5, 5.41) is 8.96. The molecular formula is C12H21NO3. The number of carboxylic acids is 1. The van der Waals surface area contributed by atoms with Crippen LogP contribution in [0, 0.1) is 10.8 Å². The second kappa shape index (κ2) is 4.07. The van der Waals surface area contributed by atoms with Gasteiger partial charge in [-0.15, -0.1) is 0 Å². The Morgan fingerprint density at radius 1 is 1.38 bits per heavy atom. The van der Waals surface area contributed by atoms with Gasteiger partial charge in [0.2, 0.25) is 5.91 Å². The highest BCUT2D eigenvalue weighted by atomic mass is 16.4. The number of carboxylic acid groups (broad SMARTS) is 1. The minimum Gasteiger partial charge on any atom is -0.481 e. The summed E-state index contributed by atoms with van der Waals surface area (Å²) in [4.78, 5) is 24.6. The molecule has 1 saturated heterocycles. The molecule has 16 heavy (non-hydrogen) atoms. The van der Waals surface area contributed by atoms with E-state index in [9.17, 15) is 9.59 Å². The average molecular weight is 227 g/mol. The van der Waals surface area contributed by atoms with Crippen molar-refractivity contribution in [2.45, 2.75) is 40.5 Å². The molecule has 1 fully saturated rings. The van der Waals surface area contributed by atoms with Gasteiger partial charge in [-0.2, -0.15) is 0 Å². The van der Waals surface area contributed by atoms with E-state index in [1.807, 2.05) is 0 Å². The number of hydrogen-bond acceptors (Lipinski definition) is 2. The van der Waals surface area contributed by atoms with Crippen molar-refractivity contribution in [1.82, 2.24) is 4.90 Å². The van der Waals surface area contributed by atoms with Gasteiger partial charge in [-0.25, -0.2) is 0 Å². The molecule has 0 aromatic rings. The van der Waals surface area contributed by atoms with Crippen molar-refractivity contribution in [3.05, 3.63) is 0 Å². The normalized spacial score (nSPS) is 19.9. The predicted octanol–water partition coefficient (Wildman–Crippen LogP) is 1.75. The number of carbonyl (C=O) groups excluding carboxylic acids is 1. The molecule has 0 spiro atoms. The SMILES string of the molecule is CC1(C)CCN(C(=O)CC(C)(C)C(=O)O)C1. The maximum absolute atomic E-state index is 11.9. The zero-order chi connectivity index (χ0) is 12.6. The molecule has 92 valence electrons. The minimum absolute atomic E-state index is 0.0435. The summed E-state index contributed by atoms with van der Waals surface area (Å²) in [5.41, 5.74) is -0.799. The number of rotatable bonds is 3. The van der Waals surface area contributed by atoms with Gasteiger partial charge >= 0.3 is 5.97 Å². The molecule has 4 nitrogen and oxygen atoms in total. The van der Waals surface area contributed by atoms with Crippen molar-refractivity contribution in [3.8, 4) is 0 Å². The van der Waals surface area contributed by atoms with Crippen LogP contribution < -0.4 is 0 Å². The first-order valence-electron chi connectivity index (χ1n) is 5.65. The van der Waals surface area contributed by atoms with Gasteiger partial charge in [0.15, 0.2) is 0 Å². The molecule has 0 atom stereocenters. The number of likely N-dealkylation sites (tertiary alicyclic amines) is 1. The zero-order valence-corrected chi connectivity index (χ0v) is 10.5. The molecule has 1 aliphatic heterocycles. The van der Waals surface area contributed by atoms with Crippen molar-refractivity contribution in [3.63, 3.8) is 0 Å². The largest absolute Gasteiger partial charge is 0.481 e. The molecule has 1 amide bonds. The lowest BCUT2D eigenvalue weighted by molar-refractivity contribution is -0.151. The van der Waals surface area contributed by atoms with Crippen molar-refractivity contribution in [2.75, 3.05) is 13.1 Å². The van der Waals surface area contributed by atoms with Crippen molar-refractivity contribution < 1.29 is 14.7 Å². The van der Waals surface area contributed by atoms with E-state index >= 15 is 0 Å². The van der Waals surface area contributed by atoms with Crippen LogP contribution in [-0.4, -0.2) is 35.0 Å². The van der Waals surface area contributed by atoms with Crippen LogP contribution in [-0.2, 0) is 9.59 Å². The Morgan fingerprint density at radius 3 is 2.31 bits per heavy atom. The molecule has 1 rings (SSSR count). The Kier molecular flexibility index (Phi) is 3.31. The first kappa shape index (κ1) is 13.0. The van der Waals surface area contributed by atoms with Crippen LogP contribution in [0.2, 0.25) is 0 Å². The van der Waals surface area contributed by atoms with Crippen LogP contribution in [0.25, 0.3) is 0 Å². The predicted molar refractivity (Wildman–Crippen MR) is 61.0 cm³/mol. The van der Waals surface area contributed by atoms with Gasteiger partial charge in [0, 0.05) is 19.5 Å². The van der Waals surface area contributed by atoms with E-state index in [4.69, 9.17) is 5.11 Å². The van der Waals surface area contributed by atoms with Crippen molar-refractivity contribution >= 4 is 11.9 Å². The molecule has 0 bridgehead atoms. The van der Waals surface area contributed by atoms with E-state index in [1.165, 1.54) is 0 Å². The molecule has 0 aromatic carbocycles. The van der Waals surface area contributed by atoms with Gasteiger partial charge in [0.05, 0.1) is 5.41 Å². The monoisotopic (exact) mass is 227 g/mol. The van der Waals surface area contributed by atoms with E-state index in [0.29, 0.717) is 0 Å². The number of aliphatic carboxylic acids is 1. The quantitative estimate of drug-likeness (QED) is 0.799. The lowest BCUT2D eigenvalue weighted by atomic mass is 9.89. The van der Waals surface area contributed by atoms with Crippen LogP contribution in [0.5, 0.6) is 0 Å². The first-order chi connectivity index (χ1) is 7.14. The van der Waals surface area contributed by atoms with E-state index in [-0.39, 0.29) is 17.7 Å². The third-order valence-corrected chi connectivity index (χ3v) is 3.20. The van der Waals surface area contributed by atoms with Crippen LogP contribution in [0.3, 0.4) is 0 Å². The Balaban J connectivity index is 2.58. The summed E-state index contributed by atoms with van der Waals surface area (Å²) in [5.74, 6) is -0.961. The van der Waals surface area contributed by atoms with Crippen LogP contribution in [0.1, 0.15) is 40.5 Å². The Bertz CT molecular complexity index is 307. The first-order valence-corrected chi connectivity index (χ1v) is 5.65. The van der Waals surface area contributed by atoms with Crippen LogP contribution in [0.15, 0.2) is 0 Å². The molecule has 0 aromatic heterocycles. The van der Waals surface area contributed by atoms with Gasteiger partial charge in [-0.3, -0.25) is 9.59 Å². The van der Waals surface area contributed by atoms with E-state index < -0.39 is 11.4 Å². The maximum atomic E-state index is 11.9. The van der Waals surface area contributed by atoms with E-state index in [2.05, 4.69) is 13.8 Å². The molecular weight excluding hydrogens is 206 g/mol. The van der Waals surface area contributed by atoms with Gasteiger partial charge in [-0.05, 0) is 25.7 Å². The molecule has 0 saturated carbocycles. The summed E-state index contributed by atoms with van der Waals surface area (Å²) in [6, 6.07) is 0. The smallest absolute Gasteiger partial charge is 0.309 e. The number of amides is 1. The third-order valence-electron chi connectivity index (χ3n) is 3.20. The van der Waals surface area contributed by atoms with Crippen molar-refractivity contribution in [2.24, 2.45) is 10.8 Å². The van der Waals surface area contributed by atoms with E-state index in [1.54, 1.807) is 18.7 Å². The zero-order valence-electron chi connectivity index (χ0n) is 10.5. The van der Waals surface area contributed by atoms with Crippen molar-refractivity contribution in [1.29, 1.82) is 0 Å². The summed E-state index contributed by atoms with van der Waals surface area (Å²) < 4.78 is 0. The highest BCUT2D eigenvalue weighted by molar-refractivity contribution is 5.84. The summed E-state index contributed by atoms with van der Waals surface area (Å²) in [6.07, 6.45) is 1.07.